The quantitative estimate of drug-likeness (QED) is 0.790. The van der Waals surface area contributed by atoms with Crippen LogP contribution in [0.2, 0.25) is 0 Å². The van der Waals surface area contributed by atoms with E-state index in [4.69, 9.17) is 0 Å². The van der Waals surface area contributed by atoms with Gasteiger partial charge >= 0.3 is 0 Å². The van der Waals surface area contributed by atoms with Crippen molar-refractivity contribution in [2.24, 2.45) is 0 Å². The molecule has 0 saturated carbocycles. The summed E-state index contributed by atoms with van der Waals surface area (Å²) in [6.07, 6.45) is 0. The molecule has 16 heavy (non-hydrogen) atoms. The molecule has 0 saturated heterocycles. The van der Waals surface area contributed by atoms with Crippen molar-refractivity contribution in [3.8, 4) is 0 Å². The Labute approximate surface area is 96.9 Å². The van der Waals surface area contributed by atoms with E-state index in [2.05, 4.69) is 54.8 Å². The summed E-state index contributed by atoms with van der Waals surface area (Å²) in [7, 11) is 4.02. The molecule has 1 unspecified atom stereocenters. The Kier molecular flexibility index (Phi) is 3.22. The van der Waals surface area contributed by atoms with Crippen LogP contribution in [-0.4, -0.2) is 19.1 Å². The number of nitrogens with one attached hydrogen (secondary N) is 1. The molecular weight excluding hydrogens is 196 g/mol. The molecule has 0 aliphatic carbocycles. The summed E-state index contributed by atoms with van der Waals surface area (Å²) in [5.74, 6) is 0. The summed E-state index contributed by atoms with van der Waals surface area (Å²) in [5.41, 5.74) is 4.67. The van der Waals surface area contributed by atoms with Gasteiger partial charge in [-0.25, -0.2) is 5.43 Å². The van der Waals surface area contributed by atoms with Gasteiger partial charge in [-0.05, 0) is 29.3 Å². The zero-order valence-corrected chi connectivity index (χ0v) is 10.1. The van der Waals surface area contributed by atoms with Crippen LogP contribution in [0.3, 0.4) is 0 Å². The summed E-state index contributed by atoms with van der Waals surface area (Å²) in [4.78, 5) is 0. The first-order chi connectivity index (χ1) is 7.66. The minimum absolute atomic E-state index is 0.333. The van der Waals surface area contributed by atoms with Crippen molar-refractivity contribution in [3.05, 3.63) is 48.0 Å². The molecule has 0 aliphatic rings. The van der Waals surface area contributed by atoms with Crippen molar-refractivity contribution in [2.45, 2.75) is 13.0 Å². The summed E-state index contributed by atoms with van der Waals surface area (Å²) in [5, 5.41) is 4.58. The lowest BCUT2D eigenvalue weighted by molar-refractivity contribution is 0.252. The number of hydrogen-bond donors (Lipinski definition) is 1. The first-order valence-electron chi connectivity index (χ1n) is 5.59. The lowest BCUT2D eigenvalue weighted by Crippen LogP contribution is -2.32. The van der Waals surface area contributed by atoms with Crippen LogP contribution in [-0.2, 0) is 0 Å². The van der Waals surface area contributed by atoms with Crippen LogP contribution in [0.1, 0.15) is 18.5 Å². The summed E-state index contributed by atoms with van der Waals surface area (Å²) >= 11 is 0. The third-order valence-electron chi connectivity index (χ3n) is 2.73. The highest BCUT2D eigenvalue weighted by Crippen LogP contribution is 2.20. The molecule has 0 spiro atoms. The maximum atomic E-state index is 3.36. The standard InChI is InChI=1S/C14H18N2/c1-11(15-16(2)3)13-9-8-12-6-4-5-7-14(12)10-13/h4-11,15H,1-3H3. The smallest absolute Gasteiger partial charge is 0.0436 e. The summed E-state index contributed by atoms with van der Waals surface area (Å²) < 4.78 is 0. The highest BCUT2D eigenvalue weighted by Gasteiger charge is 2.05. The van der Waals surface area contributed by atoms with E-state index in [0.717, 1.165) is 0 Å². The van der Waals surface area contributed by atoms with Gasteiger partial charge in [0.1, 0.15) is 0 Å². The van der Waals surface area contributed by atoms with Gasteiger partial charge < -0.3 is 0 Å². The predicted octanol–water partition coefficient (Wildman–Crippen LogP) is 2.97. The van der Waals surface area contributed by atoms with E-state index in [1.54, 1.807) is 0 Å². The van der Waals surface area contributed by atoms with E-state index in [0.29, 0.717) is 6.04 Å². The van der Waals surface area contributed by atoms with Gasteiger partial charge in [0.2, 0.25) is 0 Å². The normalized spacial score (nSPS) is 13.2. The molecule has 84 valence electrons. The molecule has 0 fully saturated rings. The first kappa shape index (κ1) is 11.1. The van der Waals surface area contributed by atoms with Crippen molar-refractivity contribution < 1.29 is 0 Å². The monoisotopic (exact) mass is 214 g/mol. The summed E-state index contributed by atoms with van der Waals surface area (Å²) in [6.45, 7) is 2.17. The molecule has 2 aromatic rings. The summed E-state index contributed by atoms with van der Waals surface area (Å²) in [6, 6.07) is 15.4. The molecule has 2 rings (SSSR count). The van der Waals surface area contributed by atoms with Gasteiger partial charge in [0, 0.05) is 20.1 Å². The molecular formula is C14H18N2. The van der Waals surface area contributed by atoms with Crippen molar-refractivity contribution in [2.75, 3.05) is 14.1 Å². The first-order valence-corrected chi connectivity index (χ1v) is 5.59. The van der Waals surface area contributed by atoms with Gasteiger partial charge in [-0.2, -0.15) is 0 Å². The van der Waals surface area contributed by atoms with Crippen molar-refractivity contribution in [3.63, 3.8) is 0 Å². The molecule has 0 aromatic heterocycles. The highest BCUT2D eigenvalue weighted by molar-refractivity contribution is 5.83. The van der Waals surface area contributed by atoms with E-state index in [-0.39, 0.29) is 0 Å². The Balaban J connectivity index is 2.32. The zero-order valence-electron chi connectivity index (χ0n) is 10.1. The fourth-order valence-electron chi connectivity index (χ4n) is 1.94. The lowest BCUT2D eigenvalue weighted by Gasteiger charge is -2.19. The van der Waals surface area contributed by atoms with Crippen LogP contribution in [0.15, 0.2) is 42.5 Å². The second-order valence-corrected chi connectivity index (χ2v) is 4.35. The molecule has 2 aromatic carbocycles. The third kappa shape index (κ3) is 2.40. The molecule has 2 heteroatoms. The molecule has 0 bridgehead atoms. The fourth-order valence-corrected chi connectivity index (χ4v) is 1.94. The van der Waals surface area contributed by atoms with Crippen molar-refractivity contribution in [1.29, 1.82) is 0 Å². The second-order valence-electron chi connectivity index (χ2n) is 4.35. The Hall–Kier alpha value is -1.38. The van der Waals surface area contributed by atoms with E-state index >= 15 is 0 Å². The largest absolute Gasteiger partial charge is 0.250 e. The van der Waals surface area contributed by atoms with Gasteiger partial charge in [0.15, 0.2) is 0 Å². The molecule has 0 heterocycles. The Bertz CT molecular complexity index is 477. The second kappa shape index (κ2) is 4.64. The number of hydrogen-bond acceptors (Lipinski definition) is 2. The Morgan fingerprint density at radius 3 is 2.38 bits per heavy atom. The average molecular weight is 214 g/mol. The minimum Gasteiger partial charge on any atom is -0.250 e. The Morgan fingerprint density at radius 2 is 1.69 bits per heavy atom. The number of benzene rings is 2. The fraction of sp³-hybridized carbons (Fsp3) is 0.286. The van der Waals surface area contributed by atoms with Gasteiger partial charge in [0.25, 0.3) is 0 Å². The number of rotatable bonds is 3. The molecule has 0 radical (unpaired) electrons. The topological polar surface area (TPSA) is 15.3 Å². The SMILES string of the molecule is CC(NN(C)C)c1ccc2ccccc2c1. The van der Waals surface area contributed by atoms with Crippen molar-refractivity contribution >= 4 is 10.8 Å². The minimum atomic E-state index is 0.333. The highest BCUT2D eigenvalue weighted by atomic mass is 15.5. The van der Waals surface area contributed by atoms with Crippen LogP contribution in [0, 0.1) is 0 Å². The van der Waals surface area contributed by atoms with E-state index in [9.17, 15) is 0 Å². The van der Waals surface area contributed by atoms with Gasteiger partial charge in [0.05, 0.1) is 0 Å². The third-order valence-corrected chi connectivity index (χ3v) is 2.73. The van der Waals surface area contributed by atoms with Gasteiger partial charge in [-0.3, -0.25) is 5.01 Å². The number of fused-ring (bicyclic) bond motifs is 1. The maximum absolute atomic E-state index is 3.36. The number of hydrazine groups is 1. The van der Waals surface area contributed by atoms with E-state index in [1.165, 1.54) is 16.3 Å². The zero-order chi connectivity index (χ0) is 11.5. The lowest BCUT2D eigenvalue weighted by atomic mass is 10.0. The van der Waals surface area contributed by atoms with Gasteiger partial charge in [-0.1, -0.05) is 36.4 Å². The molecule has 1 N–H and O–H groups in total. The van der Waals surface area contributed by atoms with Crippen LogP contribution >= 0.6 is 0 Å². The molecule has 0 aliphatic heterocycles. The van der Waals surface area contributed by atoms with Crippen LogP contribution in [0.5, 0.6) is 0 Å². The van der Waals surface area contributed by atoms with E-state index in [1.807, 2.05) is 19.1 Å². The predicted molar refractivity (Wildman–Crippen MR) is 69.2 cm³/mol. The van der Waals surface area contributed by atoms with Crippen LogP contribution in [0.25, 0.3) is 10.8 Å². The molecule has 2 nitrogen and oxygen atoms in total. The number of nitrogens with zero attached hydrogens (tertiary/aromatic N) is 1. The maximum Gasteiger partial charge on any atom is 0.0436 e. The Morgan fingerprint density at radius 1 is 1.00 bits per heavy atom. The average Bonchev–Trinajstić information content (AvgIpc) is 2.27. The van der Waals surface area contributed by atoms with Crippen LogP contribution in [0.4, 0.5) is 0 Å². The van der Waals surface area contributed by atoms with Gasteiger partial charge in [-0.15, -0.1) is 0 Å². The molecule has 0 amide bonds. The van der Waals surface area contributed by atoms with Crippen LogP contribution < -0.4 is 5.43 Å². The van der Waals surface area contributed by atoms with E-state index < -0.39 is 0 Å². The van der Waals surface area contributed by atoms with Crippen molar-refractivity contribution in [1.82, 2.24) is 10.4 Å². The molecule has 1 atom stereocenters.